The van der Waals surface area contributed by atoms with Crippen molar-refractivity contribution in [2.24, 2.45) is 0 Å². The Labute approximate surface area is 421 Å². The van der Waals surface area contributed by atoms with Crippen molar-refractivity contribution in [3.63, 3.8) is 0 Å². The number of hydrogen-bond acceptors (Lipinski definition) is 6. The molecule has 0 aliphatic heterocycles. The van der Waals surface area contributed by atoms with E-state index in [-0.39, 0.29) is 31.1 Å². The van der Waals surface area contributed by atoms with Gasteiger partial charge in [-0.1, -0.05) is 248 Å². The average molecular weight is 950 g/mol. The lowest BCUT2D eigenvalue weighted by Crippen LogP contribution is -2.30. The van der Waals surface area contributed by atoms with E-state index in [1.165, 1.54) is 141 Å². The van der Waals surface area contributed by atoms with Gasteiger partial charge in [-0.3, -0.25) is 14.4 Å². The molecule has 1 unspecified atom stereocenters. The van der Waals surface area contributed by atoms with Crippen molar-refractivity contribution in [3.8, 4) is 0 Å². The molecule has 392 valence electrons. The monoisotopic (exact) mass is 949 g/mol. The van der Waals surface area contributed by atoms with E-state index >= 15 is 0 Å². The fourth-order valence-electron chi connectivity index (χ4n) is 8.11. The highest BCUT2D eigenvalue weighted by Crippen LogP contribution is 2.15. The van der Waals surface area contributed by atoms with Gasteiger partial charge in [0.05, 0.1) is 0 Å². The van der Waals surface area contributed by atoms with E-state index in [9.17, 15) is 14.4 Å². The zero-order chi connectivity index (χ0) is 49.3. The van der Waals surface area contributed by atoms with Gasteiger partial charge in [0.25, 0.3) is 0 Å². The van der Waals surface area contributed by atoms with Crippen molar-refractivity contribution in [1.29, 1.82) is 0 Å². The van der Waals surface area contributed by atoms with Crippen LogP contribution in [0.1, 0.15) is 284 Å². The fourth-order valence-corrected chi connectivity index (χ4v) is 8.11. The van der Waals surface area contributed by atoms with E-state index < -0.39 is 6.10 Å². The lowest BCUT2D eigenvalue weighted by Gasteiger charge is -2.18. The molecular weight excluding hydrogens is 841 g/mol. The number of hydrogen-bond donors (Lipinski definition) is 0. The van der Waals surface area contributed by atoms with Gasteiger partial charge in [-0.05, 0) is 89.9 Å². The molecular formula is C62H108O6. The van der Waals surface area contributed by atoms with E-state index in [4.69, 9.17) is 14.2 Å². The van der Waals surface area contributed by atoms with Crippen molar-refractivity contribution < 1.29 is 28.6 Å². The molecule has 1 atom stereocenters. The van der Waals surface area contributed by atoms with Crippen LogP contribution in [0.15, 0.2) is 72.9 Å². The fraction of sp³-hybridized carbons (Fsp3) is 0.758. The summed E-state index contributed by atoms with van der Waals surface area (Å²) in [5.74, 6) is -0.904. The van der Waals surface area contributed by atoms with Crippen molar-refractivity contribution in [3.05, 3.63) is 72.9 Å². The Kier molecular flexibility index (Phi) is 53.8. The second-order valence-corrected chi connectivity index (χ2v) is 19.2. The van der Waals surface area contributed by atoms with Crippen LogP contribution < -0.4 is 0 Å². The maximum absolute atomic E-state index is 12.8. The third kappa shape index (κ3) is 53.8. The molecule has 0 bridgehead atoms. The lowest BCUT2D eigenvalue weighted by molar-refractivity contribution is -0.167. The average Bonchev–Trinajstić information content (AvgIpc) is 3.34. The summed E-state index contributed by atoms with van der Waals surface area (Å²) >= 11 is 0. The quantitative estimate of drug-likeness (QED) is 0.0262. The third-order valence-corrected chi connectivity index (χ3v) is 12.4. The standard InChI is InChI=1S/C62H108O6/c1-4-7-10-13-16-19-22-25-27-29-30-31-32-34-35-37-40-43-46-49-52-55-61(64)67-58-59(57-66-60(63)54-51-48-45-42-39-24-21-18-15-12-9-6-3)68-62(65)56-53-50-47-44-41-38-36-33-28-26-23-20-17-14-11-8-5-2/h8,11,17,20,22,25-26,28-30,36,38,59H,4-7,9-10,12-16,18-19,21,23-24,27,31-35,37,39-58H2,1-3H3/b11-8-,20-17-,25-22-,28-26-,30-29-,38-36-. The lowest BCUT2D eigenvalue weighted by atomic mass is 10.0. The highest BCUT2D eigenvalue weighted by Gasteiger charge is 2.19. The maximum atomic E-state index is 12.8. The van der Waals surface area contributed by atoms with Gasteiger partial charge < -0.3 is 14.2 Å². The summed E-state index contributed by atoms with van der Waals surface area (Å²) in [4.78, 5) is 38.1. The second kappa shape index (κ2) is 56.4. The topological polar surface area (TPSA) is 78.9 Å². The van der Waals surface area contributed by atoms with Crippen LogP contribution >= 0.6 is 0 Å². The minimum atomic E-state index is -0.788. The molecule has 6 nitrogen and oxygen atoms in total. The first-order valence-electron chi connectivity index (χ1n) is 28.9. The van der Waals surface area contributed by atoms with Crippen molar-refractivity contribution >= 4 is 17.9 Å². The molecule has 0 aromatic carbocycles. The highest BCUT2D eigenvalue weighted by molar-refractivity contribution is 5.71. The van der Waals surface area contributed by atoms with Gasteiger partial charge in [-0.15, -0.1) is 0 Å². The Morgan fingerprint density at radius 3 is 0.897 bits per heavy atom. The molecule has 0 heterocycles. The number of esters is 3. The predicted octanol–water partition coefficient (Wildman–Crippen LogP) is 19.4. The number of unbranched alkanes of at least 4 members (excludes halogenated alkanes) is 29. The number of carbonyl (C=O) groups excluding carboxylic acids is 3. The van der Waals surface area contributed by atoms with E-state index in [0.29, 0.717) is 19.3 Å². The Morgan fingerprint density at radius 1 is 0.309 bits per heavy atom. The highest BCUT2D eigenvalue weighted by atomic mass is 16.6. The molecule has 0 spiro atoms. The predicted molar refractivity (Wildman–Crippen MR) is 293 cm³/mol. The minimum absolute atomic E-state index is 0.0847. The van der Waals surface area contributed by atoms with Crippen LogP contribution in [0, 0.1) is 0 Å². The molecule has 0 saturated carbocycles. The zero-order valence-electron chi connectivity index (χ0n) is 44.9. The number of rotatable bonds is 52. The smallest absolute Gasteiger partial charge is 0.306 e. The molecule has 0 amide bonds. The Hall–Kier alpha value is -3.15. The number of ether oxygens (including phenoxy) is 3. The number of allylic oxidation sites excluding steroid dienone is 12. The van der Waals surface area contributed by atoms with Gasteiger partial charge in [-0.25, -0.2) is 0 Å². The molecule has 0 aromatic rings. The van der Waals surface area contributed by atoms with E-state index in [1.54, 1.807) is 0 Å². The Morgan fingerprint density at radius 2 is 0.574 bits per heavy atom. The van der Waals surface area contributed by atoms with Crippen LogP contribution in [0.3, 0.4) is 0 Å². The summed E-state index contributed by atoms with van der Waals surface area (Å²) < 4.78 is 16.8. The molecule has 0 aliphatic carbocycles. The van der Waals surface area contributed by atoms with Crippen LogP contribution in [0.2, 0.25) is 0 Å². The van der Waals surface area contributed by atoms with Crippen molar-refractivity contribution in [2.75, 3.05) is 13.2 Å². The molecule has 0 aromatic heterocycles. The second-order valence-electron chi connectivity index (χ2n) is 19.2. The normalized spacial score (nSPS) is 12.6. The summed E-state index contributed by atoms with van der Waals surface area (Å²) in [5, 5.41) is 0. The molecule has 0 rings (SSSR count). The molecule has 0 fully saturated rings. The molecule has 0 aliphatic rings. The van der Waals surface area contributed by atoms with E-state index in [2.05, 4.69) is 93.7 Å². The van der Waals surface area contributed by atoms with Gasteiger partial charge in [-0.2, -0.15) is 0 Å². The summed E-state index contributed by atoms with van der Waals surface area (Å²) in [7, 11) is 0. The molecule has 0 saturated heterocycles. The van der Waals surface area contributed by atoms with Crippen LogP contribution in [-0.4, -0.2) is 37.2 Å². The van der Waals surface area contributed by atoms with Crippen LogP contribution in [0.25, 0.3) is 0 Å². The molecule has 68 heavy (non-hydrogen) atoms. The number of carbonyl (C=O) groups is 3. The summed E-state index contributed by atoms with van der Waals surface area (Å²) in [6.07, 6.45) is 71.8. The van der Waals surface area contributed by atoms with E-state index in [1.807, 2.05) is 0 Å². The van der Waals surface area contributed by atoms with Gasteiger partial charge in [0.1, 0.15) is 13.2 Å². The largest absolute Gasteiger partial charge is 0.462 e. The van der Waals surface area contributed by atoms with Gasteiger partial charge in [0.2, 0.25) is 0 Å². The summed E-state index contributed by atoms with van der Waals surface area (Å²) in [6.45, 7) is 6.51. The summed E-state index contributed by atoms with van der Waals surface area (Å²) in [5.41, 5.74) is 0. The Bertz CT molecular complexity index is 1270. The first-order chi connectivity index (χ1) is 33.5. The van der Waals surface area contributed by atoms with Gasteiger partial charge >= 0.3 is 17.9 Å². The third-order valence-electron chi connectivity index (χ3n) is 12.4. The zero-order valence-corrected chi connectivity index (χ0v) is 44.9. The first-order valence-corrected chi connectivity index (χ1v) is 28.9. The van der Waals surface area contributed by atoms with Gasteiger partial charge in [0, 0.05) is 19.3 Å². The molecule has 0 radical (unpaired) electrons. The molecule has 6 heteroatoms. The van der Waals surface area contributed by atoms with Crippen LogP contribution in [0.4, 0.5) is 0 Å². The van der Waals surface area contributed by atoms with E-state index in [0.717, 1.165) is 103 Å². The molecule has 0 N–H and O–H groups in total. The van der Waals surface area contributed by atoms with Crippen LogP contribution in [-0.2, 0) is 28.6 Å². The first kappa shape index (κ1) is 64.8. The minimum Gasteiger partial charge on any atom is -0.462 e. The van der Waals surface area contributed by atoms with Gasteiger partial charge in [0.15, 0.2) is 6.10 Å². The Balaban J connectivity index is 4.37. The maximum Gasteiger partial charge on any atom is 0.306 e. The van der Waals surface area contributed by atoms with Crippen molar-refractivity contribution in [2.45, 2.75) is 290 Å². The summed E-state index contributed by atoms with van der Waals surface area (Å²) in [6, 6.07) is 0. The SMILES string of the molecule is CC/C=C\C/C=C\C/C=C\C/C=C\CCCCCCC(=O)OC(COC(=O)CCCCCCCCCCC/C=C\C/C=C\CCCCCCC)COC(=O)CCCCCCCCCCCCCC. The van der Waals surface area contributed by atoms with Crippen LogP contribution in [0.5, 0.6) is 0 Å². The van der Waals surface area contributed by atoms with Crippen molar-refractivity contribution in [1.82, 2.24) is 0 Å².